The van der Waals surface area contributed by atoms with Crippen LogP contribution in [0.1, 0.15) is 12.5 Å². The van der Waals surface area contributed by atoms with Crippen LogP contribution < -0.4 is 14.8 Å². The number of methoxy groups -OCH3 is 1. The number of phenols is 1. The molecule has 1 aliphatic heterocycles. The first-order chi connectivity index (χ1) is 16.8. The van der Waals surface area contributed by atoms with E-state index in [2.05, 4.69) is 15.3 Å². The van der Waals surface area contributed by atoms with Crippen molar-refractivity contribution in [1.82, 2.24) is 19.8 Å². The van der Waals surface area contributed by atoms with E-state index in [1.807, 2.05) is 0 Å². The van der Waals surface area contributed by atoms with Gasteiger partial charge in [-0.2, -0.15) is 0 Å². The van der Waals surface area contributed by atoms with Crippen molar-refractivity contribution in [2.45, 2.75) is 13.8 Å². The first-order valence-electron chi connectivity index (χ1n) is 11.0. The largest absolute Gasteiger partial charge is 0.508 e. The molecule has 0 atom stereocenters. The SMILES string of the molecule is COc1cc2c(Nc3c(F)ccc(O)c3C)ncnc2cc1OCC(=O)N1CCN(C(C)=O)CC1. The fourth-order valence-corrected chi connectivity index (χ4v) is 3.88. The molecule has 11 heteroatoms. The van der Waals surface area contributed by atoms with E-state index in [1.165, 1.54) is 26.4 Å². The molecule has 2 N–H and O–H groups in total. The highest BCUT2D eigenvalue weighted by atomic mass is 19.1. The minimum absolute atomic E-state index is 0.00735. The summed E-state index contributed by atoms with van der Waals surface area (Å²) in [6.45, 7) is 4.78. The number of fused-ring (bicyclic) bond motifs is 1. The maximum absolute atomic E-state index is 14.4. The van der Waals surface area contributed by atoms with E-state index in [0.717, 1.165) is 6.07 Å². The molecule has 2 heterocycles. The minimum atomic E-state index is -0.540. The highest BCUT2D eigenvalue weighted by molar-refractivity contribution is 5.93. The second-order valence-corrected chi connectivity index (χ2v) is 8.11. The van der Waals surface area contributed by atoms with Gasteiger partial charge < -0.3 is 29.7 Å². The monoisotopic (exact) mass is 483 g/mol. The van der Waals surface area contributed by atoms with Crippen molar-refractivity contribution in [3.05, 3.63) is 42.0 Å². The first kappa shape index (κ1) is 24.0. The van der Waals surface area contributed by atoms with Crippen LogP contribution in [-0.4, -0.2) is 76.6 Å². The number of ether oxygens (including phenoxy) is 2. The van der Waals surface area contributed by atoms with E-state index in [9.17, 15) is 19.1 Å². The van der Waals surface area contributed by atoms with Crippen LogP contribution in [0.15, 0.2) is 30.6 Å². The van der Waals surface area contributed by atoms with Gasteiger partial charge in [0.1, 0.15) is 23.7 Å². The molecule has 0 saturated carbocycles. The molecule has 2 aromatic carbocycles. The van der Waals surface area contributed by atoms with Crippen LogP contribution >= 0.6 is 0 Å². The summed E-state index contributed by atoms with van der Waals surface area (Å²) in [7, 11) is 1.47. The number of carbonyl (C=O) groups is 2. The van der Waals surface area contributed by atoms with E-state index in [1.54, 1.807) is 28.9 Å². The average Bonchev–Trinajstić information content (AvgIpc) is 2.86. The van der Waals surface area contributed by atoms with Crippen molar-refractivity contribution in [1.29, 1.82) is 0 Å². The number of aromatic hydroxyl groups is 1. The first-order valence-corrected chi connectivity index (χ1v) is 11.0. The Balaban J connectivity index is 1.53. The molecule has 35 heavy (non-hydrogen) atoms. The zero-order chi connectivity index (χ0) is 25.1. The Labute approximate surface area is 201 Å². The van der Waals surface area contributed by atoms with Crippen LogP contribution in [0.5, 0.6) is 17.2 Å². The second-order valence-electron chi connectivity index (χ2n) is 8.11. The van der Waals surface area contributed by atoms with Gasteiger partial charge in [0, 0.05) is 50.1 Å². The molecular weight excluding hydrogens is 457 g/mol. The summed E-state index contributed by atoms with van der Waals surface area (Å²) in [4.78, 5) is 35.9. The van der Waals surface area contributed by atoms with Crippen LogP contribution in [0.2, 0.25) is 0 Å². The molecule has 2 amide bonds. The quantitative estimate of drug-likeness (QED) is 0.550. The molecule has 10 nitrogen and oxygen atoms in total. The normalized spacial score (nSPS) is 13.6. The highest BCUT2D eigenvalue weighted by Crippen LogP contribution is 2.36. The molecular formula is C24H26FN5O5. The number of anilines is 2. The molecule has 4 rings (SSSR count). The Morgan fingerprint density at radius 1 is 1.11 bits per heavy atom. The van der Waals surface area contributed by atoms with Crippen LogP contribution in [0.25, 0.3) is 10.9 Å². The van der Waals surface area contributed by atoms with Crippen LogP contribution in [0.4, 0.5) is 15.9 Å². The number of aromatic nitrogens is 2. The number of nitrogens with one attached hydrogen (secondary N) is 1. The summed E-state index contributed by atoms with van der Waals surface area (Å²) in [5, 5.41) is 13.4. The number of benzene rings is 2. The van der Waals surface area contributed by atoms with Crippen molar-refractivity contribution in [3.63, 3.8) is 0 Å². The van der Waals surface area contributed by atoms with Gasteiger partial charge in [-0.3, -0.25) is 9.59 Å². The molecule has 0 unspecified atom stereocenters. The topological polar surface area (TPSA) is 117 Å². The Morgan fingerprint density at radius 2 is 1.83 bits per heavy atom. The lowest BCUT2D eigenvalue weighted by atomic mass is 10.1. The molecule has 0 radical (unpaired) electrons. The zero-order valence-electron chi connectivity index (χ0n) is 19.7. The van der Waals surface area contributed by atoms with Crippen LogP contribution in [0.3, 0.4) is 0 Å². The predicted octanol–water partition coefficient (Wildman–Crippen LogP) is 2.60. The minimum Gasteiger partial charge on any atom is -0.508 e. The van der Waals surface area contributed by atoms with Gasteiger partial charge in [0.05, 0.1) is 18.3 Å². The number of halogens is 1. The molecule has 0 bridgehead atoms. The van der Waals surface area contributed by atoms with Crippen molar-refractivity contribution in [2.75, 3.05) is 45.2 Å². The molecule has 1 aromatic heterocycles. The Bertz CT molecular complexity index is 1280. The number of amides is 2. The highest BCUT2D eigenvalue weighted by Gasteiger charge is 2.23. The van der Waals surface area contributed by atoms with Gasteiger partial charge in [-0.05, 0) is 25.1 Å². The number of hydrogen-bond donors (Lipinski definition) is 2. The molecule has 0 spiro atoms. The van der Waals surface area contributed by atoms with Crippen LogP contribution in [0, 0.1) is 12.7 Å². The van der Waals surface area contributed by atoms with E-state index in [0.29, 0.717) is 60.0 Å². The van der Waals surface area contributed by atoms with Gasteiger partial charge in [-0.1, -0.05) is 0 Å². The van der Waals surface area contributed by atoms with E-state index < -0.39 is 5.82 Å². The van der Waals surface area contributed by atoms with Gasteiger partial charge >= 0.3 is 0 Å². The van der Waals surface area contributed by atoms with Gasteiger partial charge in [-0.15, -0.1) is 0 Å². The Morgan fingerprint density at radius 3 is 2.51 bits per heavy atom. The lowest BCUT2D eigenvalue weighted by Gasteiger charge is -2.34. The number of nitrogens with zero attached hydrogens (tertiary/aromatic N) is 4. The molecule has 3 aromatic rings. The predicted molar refractivity (Wildman–Crippen MR) is 127 cm³/mol. The maximum atomic E-state index is 14.4. The Kier molecular flexibility index (Phi) is 6.85. The third-order valence-electron chi connectivity index (χ3n) is 5.98. The number of rotatable bonds is 6. The van der Waals surface area contributed by atoms with Crippen molar-refractivity contribution in [3.8, 4) is 17.2 Å². The van der Waals surface area contributed by atoms with Gasteiger partial charge in [-0.25, -0.2) is 14.4 Å². The number of phenolic OH excluding ortho intramolecular Hbond substituents is 1. The average molecular weight is 484 g/mol. The molecule has 1 aliphatic rings. The number of carbonyl (C=O) groups excluding carboxylic acids is 2. The summed E-state index contributed by atoms with van der Waals surface area (Å²) in [5.41, 5.74) is 0.921. The van der Waals surface area contributed by atoms with Crippen molar-refractivity contribution >= 4 is 34.2 Å². The molecule has 0 aliphatic carbocycles. The second kappa shape index (κ2) is 10.00. The summed E-state index contributed by atoms with van der Waals surface area (Å²) in [6.07, 6.45) is 1.32. The third kappa shape index (κ3) is 5.03. The van der Waals surface area contributed by atoms with Gasteiger partial charge in [0.25, 0.3) is 5.91 Å². The van der Waals surface area contributed by atoms with Crippen LogP contribution in [-0.2, 0) is 9.59 Å². The summed E-state index contributed by atoms with van der Waals surface area (Å²) >= 11 is 0. The standard InChI is InChI=1S/C24H26FN5O5/c1-14-19(32)5-4-17(25)23(14)28-24-16-10-20(34-3)21(11-18(16)26-13-27-24)35-12-22(33)30-8-6-29(7-9-30)15(2)31/h4-5,10-11,13,32H,6-9,12H2,1-3H3,(H,26,27,28). The lowest BCUT2D eigenvalue weighted by Crippen LogP contribution is -2.51. The van der Waals surface area contributed by atoms with Gasteiger partial charge in [0.2, 0.25) is 5.91 Å². The van der Waals surface area contributed by atoms with Crippen molar-refractivity contribution < 1.29 is 28.6 Å². The lowest BCUT2D eigenvalue weighted by molar-refractivity contribution is -0.139. The van der Waals surface area contributed by atoms with E-state index in [-0.39, 0.29) is 29.9 Å². The smallest absolute Gasteiger partial charge is 0.260 e. The van der Waals surface area contributed by atoms with E-state index >= 15 is 0 Å². The number of hydrogen-bond acceptors (Lipinski definition) is 8. The molecule has 1 fully saturated rings. The molecule has 184 valence electrons. The maximum Gasteiger partial charge on any atom is 0.260 e. The van der Waals surface area contributed by atoms with Crippen molar-refractivity contribution in [2.24, 2.45) is 0 Å². The number of piperazine rings is 1. The zero-order valence-corrected chi connectivity index (χ0v) is 19.7. The summed E-state index contributed by atoms with van der Waals surface area (Å²) in [5.74, 6) is 0.182. The molecule has 1 saturated heterocycles. The third-order valence-corrected chi connectivity index (χ3v) is 5.98. The Hall–Kier alpha value is -4.15. The fraction of sp³-hybridized carbons (Fsp3) is 0.333. The fourth-order valence-electron chi connectivity index (χ4n) is 3.88. The summed E-state index contributed by atoms with van der Waals surface area (Å²) in [6, 6.07) is 5.70. The van der Waals surface area contributed by atoms with Gasteiger partial charge in [0.15, 0.2) is 18.1 Å². The summed E-state index contributed by atoms with van der Waals surface area (Å²) < 4.78 is 25.6. The van der Waals surface area contributed by atoms with E-state index in [4.69, 9.17) is 9.47 Å².